The van der Waals surface area contributed by atoms with Crippen molar-refractivity contribution in [1.82, 2.24) is 10.6 Å². The average Bonchev–Trinajstić information content (AvgIpc) is 3.00. The lowest BCUT2D eigenvalue weighted by molar-refractivity contribution is 0.240. The van der Waals surface area contributed by atoms with Gasteiger partial charge in [0.15, 0.2) is 0 Å². The van der Waals surface area contributed by atoms with Crippen LogP contribution in [0.3, 0.4) is 0 Å². The van der Waals surface area contributed by atoms with Crippen LogP contribution in [0.1, 0.15) is 18.4 Å². The summed E-state index contributed by atoms with van der Waals surface area (Å²) < 4.78 is 0. The number of carbonyl (C=O) groups is 1. The predicted molar refractivity (Wildman–Crippen MR) is 69.7 cm³/mol. The molecule has 0 aliphatic heterocycles. The number of rotatable bonds is 4. The molecule has 92 valence electrons. The highest BCUT2D eigenvalue weighted by atomic mass is 35.5. The molecule has 0 heterocycles. The number of halogens is 2. The maximum atomic E-state index is 11.3. The number of nitrogens with one attached hydrogen (secondary N) is 2. The first kappa shape index (κ1) is 12.5. The molecule has 0 aromatic heterocycles. The van der Waals surface area contributed by atoms with Crippen molar-refractivity contribution in [3.05, 3.63) is 33.8 Å². The molecule has 0 saturated heterocycles. The fourth-order valence-electron chi connectivity index (χ4n) is 1.54. The van der Waals surface area contributed by atoms with E-state index in [0.717, 1.165) is 24.8 Å². The SMILES string of the molecule is O=C(NCCc1cc(Cl)cc(Cl)c1)NC1CC1. The number of hydrogen-bond acceptors (Lipinski definition) is 1. The molecule has 2 rings (SSSR count). The van der Waals surface area contributed by atoms with Crippen molar-refractivity contribution in [1.29, 1.82) is 0 Å². The van der Waals surface area contributed by atoms with Gasteiger partial charge in [-0.2, -0.15) is 0 Å². The summed E-state index contributed by atoms with van der Waals surface area (Å²) in [5.41, 5.74) is 1.02. The molecule has 1 aliphatic rings. The standard InChI is InChI=1S/C12H14Cl2N2O/c13-9-5-8(6-10(14)7-9)3-4-15-12(17)16-11-1-2-11/h5-7,11H,1-4H2,(H2,15,16,17). The molecule has 5 heteroatoms. The molecule has 1 aliphatic carbocycles. The second-order valence-electron chi connectivity index (χ2n) is 4.20. The zero-order chi connectivity index (χ0) is 12.3. The minimum absolute atomic E-state index is 0.0966. The van der Waals surface area contributed by atoms with Crippen molar-refractivity contribution in [2.24, 2.45) is 0 Å². The van der Waals surface area contributed by atoms with Crippen molar-refractivity contribution in [2.75, 3.05) is 6.54 Å². The van der Waals surface area contributed by atoms with Crippen molar-refractivity contribution >= 4 is 29.2 Å². The molecule has 0 unspecified atom stereocenters. The number of hydrogen-bond donors (Lipinski definition) is 2. The van der Waals surface area contributed by atoms with E-state index >= 15 is 0 Å². The number of amides is 2. The molecule has 1 aromatic carbocycles. The van der Waals surface area contributed by atoms with Crippen molar-refractivity contribution in [3.63, 3.8) is 0 Å². The van der Waals surface area contributed by atoms with E-state index in [1.54, 1.807) is 6.07 Å². The van der Waals surface area contributed by atoms with Crippen LogP contribution in [0.25, 0.3) is 0 Å². The molecule has 2 N–H and O–H groups in total. The van der Waals surface area contributed by atoms with Crippen molar-refractivity contribution in [2.45, 2.75) is 25.3 Å². The van der Waals surface area contributed by atoms with Crippen LogP contribution < -0.4 is 10.6 Å². The van der Waals surface area contributed by atoms with Crippen LogP contribution in [0.5, 0.6) is 0 Å². The average molecular weight is 273 g/mol. The summed E-state index contributed by atoms with van der Waals surface area (Å²) in [6, 6.07) is 5.69. The molecule has 0 bridgehead atoms. The molecule has 1 saturated carbocycles. The summed E-state index contributed by atoms with van der Waals surface area (Å²) in [5, 5.41) is 6.91. The van der Waals surface area contributed by atoms with Gasteiger partial charge in [-0.05, 0) is 43.0 Å². The normalized spacial score (nSPS) is 14.5. The first-order chi connectivity index (χ1) is 8.13. The Bertz CT molecular complexity index is 399. The predicted octanol–water partition coefficient (Wildman–Crippen LogP) is 3.00. The van der Waals surface area contributed by atoms with E-state index in [9.17, 15) is 4.79 Å². The number of benzene rings is 1. The minimum atomic E-state index is -0.0966. The maximum Gasteiger partial charge on any atom is 0.315 e. The molecule has 17 heavy (non-hydrogen) atoms. The summed E-state index contributed by atoms with van der Waals surface area (Å²) in [4.78, 5) is 11.3. The summed E-state index contributed by atoms with van der Waals surface area (Å²) in [5.74, 6) is 0. The first-order valence-corrected chi connectivity index (χ1v) is 6.38. The fraction of sp³-hybridized carbons (Fsp3) is 0.417. The lowest BCUT2D eigenvalue weighted by Crippen LogP contribution is -2.37. The van der Waals surface area contributed by atoms with Crippen LogP contribution in [0.15, 0.2) is 18.2 Å². The van der Waals surface area contributed by atoms with Crippen LogP contribution in [-0.2, 0) is 6.42 Å². The van der Waals surface area contributed by atoms with Crippen LogP contribution in [0.2, 0.25) is 10.0 Å². The van der Waals surface area contributed by atoms with E-state index in [2.05, 4.69) is 10.6 Å². The lowest BCUT2D eigenvalue weighted by Gasteiger charge is -2.07. The lowest BCUT2D eigenvalue weighted by atomic mass is 10.1. The third-order valence-corrected chi connectivity index (χ3v) is 2.97. The minimum Gasteiger partial charge on any atom is -0.338 e. The summed E-state index contributed by atoms with van der Waals surface area (Å²) in [7, 11) is 0. The van der Waals surface area contributed by atoms with Gasteiger partial charge in [-0.25, -0.2) is 4.79 Å². The zero-order valence-corrected chi connectivity index (χ0v) is 10.8. The van der Waals surface area contributed by atoms with Gasteiger partial charge in [0.2, 0.25) is 0 Å². The smallest absolute Gasteiger partial charge is 0.315 e. The number of carbonyl (C=O) groups excluding carboxylic acids is 1. The Morgan fingerprint density at radius 3 is 2.47 bits per heavy atom. The Labute approximate surface area is 110 Å². The van der Waals surface area contributed by atoms with Gasteiger partial charge >= 0.3 is 6.03 Å². The van der Waals surface area contributed by atoms with E-state index in [0.29, 0.717) is 22.6 Å². The van der Waals surface area contributed by atoms with Gasteiger partial charge in [0, 0.05) is 22.6 Å². The second-order valence-corrected chi connectivity index (χ2v) is 5.08. The molecule has 1 fully saturated rings. The quantitative estimate of drug-likeness (QED) is 0.870. The zero-order valence-electron chi connectivity index (χ0n) is 9.30. The Balaban J connectivity index is 1.74. The van der Waals surface area contributed by atoms with Crippen LogP contribution >= 0.6 is 23.2 Å². The van der Waals surface area contributed by atoms with Crippen molar-refractivity contribution < 1.29 is 4.79 Å². The Morgan fingerprint density at radius 1 is 1.24 bits per heavy atom. The van der Waals surface area contributed by atoms with Crippen LogP contribution in [0.4, 0.5) is 4.79 Å². The second kappa shape index (κ2) is 5.61. The fourth-order valence-corrected chi connectivity index (χ4v) is 2.11. The number of urea groups is 1. The van der Waals surface area contributed by atoms with E-state index in [4.69, 9.17) is 23.2 Å². The van der Waals surface area contributed by atoms with Gasteiger partial charge in [0.05, 0.1) is 0 Å². The van der Waals surface area contributed by atoms with Crippen LogP contribution in [0, 0.1) is 0 Å². The summed E-state index contributed by atoms with van der Waals surface area (Å²) in [6.45, 7) is 0.579. The molecule has 1 aromatic rings. The molecule has 2 amide bonds. The Kier molecular flexibility index (Phi) is 4.13. The van der Waals surface area contributed by atoms with Gasteiger partial charge in [-0.3, -0.25) is 0 Å². The third kappa shape index (κ3) is 4.44. The molecule has 0 spiro atoms. The van der Waals surface area contributed by atoms with E-state index in [-0.39, 0.29) is 6.03 Å². The molecular weight excluding hydrogens is 259 g/mol. The summed E-state index contributed by atoms with van der Waals surface area (Å²) >= 11 is 11.8. The highest BCUT2D eigenvalue weighted by Gasteiger charge is 2.22. The third-order valence-electron chi connectivity index (χ3n) is 2.53. The van der Waals surface area contributed by atoms with Crippen molar-refractivity contribution in [3.8, 4) is 0 Å². The maximum absolute atomic E-state index is 11.3. The largest absolute Gasteiger partial charge is 0.338 e. The van der Waals surface area contributed by atoms with Gasteiger partial charge in [0.25, 0.3) is 0 Å². The summed E-state index contributed by atoms with van der Waals surface area (Å²) in [6.07, 6.45) is 2.91. The first-order valence-electron chi connectivity index (χ1n) is 5.63. The monoisotopic (exact) mass is 272 g/mol. The van der Waals surface area contributed by atoms with E-state index in [1.807, 2.05) is 12.1 Å². The molecule has 3 nitrogen and oxygen atoms in total. The van der Waals surface area contributed by atoms with E-state index < -0.39 is 0 Å². The van der Waals surface area contributed by atoms with Crippen LogP contribution in [-0.4, -0.2) is 18.6 Å². The van der Waals surface area contributed by atoms with Gasteiger partial charge in [0.1, 0.15) is 0 Å². The van der Waals surface area contributed by atoms with Gasteiger partial charge < -0.3 is 10.6 Å². The highest BCUT2D eigenvalue weighted by molar-refractivity contribution is 6.34. The van der Waals surface area contributed by atoms with Gasteiger partial charge in [-0.15, -0.1) is 0 Å². The topological polar surface area (TPSA) is 41.1 Å². The molecule has 0 radical (unpaired) electrons. The van der Waals surface area contributed by atoms with E-state index in [1.165, 1.54) is 0 Å². The Hall–Kier alpha value is -0.930. The highest BCUT2D eigenvalue weighted by Crippen LogP contribution is 2.19. The van der Waals surface area contributed by atoms with Gasteiger partial charge in [-0.1, -0.05) is 23.2 Å². The Morgan fingerprint density at radius 2 is 1.88 bits per heavy atom. The molecular formula is C12H14Cl2N2O. The molecule has 0 atom stereocenters.